The predicted octanol–water partition coefficient (Wildman–Crippen LogP) is 2.69. The van der Waals surface area contributed by atoms with E-state index in [1.54, 1.807) is 12.1 Å². The van der Waals surface area contributed by atoms with Gasteiger partial charge in [0, 0.05) is 34.1 Å². The Kier molecular flexibility index (Phi) is 4.40. The number of nitrogens with zero attached hydrogens (tertiary/aromatic N) is 1. The van der Waals surface area contributed by atoms with Crippen LogP contribution in [0.4, 0.5) is 0 Å². The Labute approximate surface area is 142 Å². The molecule has 3 rings (SSSR count). The zero-order valence-electron chi connectivity index (χ0n) is 11.4. The van der Waals surface area contributed by atoms with E-state index in [1.807, 2.05) is 11.0 Å². The summed E-state index contributed by atoms with van der Waals surface area (Å²) in [4.78, 5) is 26.0. The Morgan fingerprint density at radius 1 is 1.38 bits per heavy atom. The van der Waals surface area contributed by atoms with E-state index in [-0.39, 0.29) is 17.9 Å². The molecule has 1 aromatic carbocycles. The number of rotatable bonds is 1. The average molecular weight is 419 g/mol. The fraction of sp³-hybridized carbons (Fsp3) is 0.467. The van der Waals surface area contributed by atoms with Gasteiger partial charge in [0.1, 0.15) is 0 Å². The molecule has 0 spiro atoms. The number of benzene rings is 1. The molecule has 0 bridgehead atoms. The highest BCUT2D eigenvalue weighted by Gasteiger charge is 2.35. The van der Waals surface area contributed by atoms with Gasteiger partial charge in [-0.2, -0.15) is 0 Å². The summed E-state index contributed by atoms with van der Waals surface area (Å²) in [6.07, 6.45) is 2.27. The van der Waals surface area contributed by atoms with Gasteiger partial charge in [0.15, 0.2) is 0 Å². The molecule has 2 aliphatic rings. The van der Waals surface area contributed by atoms with Crippen LogP contribution in [0.1, 0.15) is 29.6 Å². The maximum absolute atomic E-state index is 12.7. The smallest absolute Gasteiger partial charge is 0.254 e. The maximum atomic E-state index is 12.7. The summed E-state index contributed by atoms with van der Waals surface area (Å²) in [6.45, 7) is 1.40. The second-order valence-corrected chi connectivity index (χ2v) is 7.24. The summed E-state index contributed by atoms with van der Waals surface area (Å²) in [5.74, 6) is 0.551. The Morgan fingerprint density at radius 2 is 2.19 bits per heavy atom. The molecule has 2 amide bonds. The van der Waals surface area contributed by atoms with Crippen molar-refractivity contribution in [2.45, 2.75) is 25.3 Å². The first-order valence-electron chi connectivity index (χ1n) is 7.08. The van der Waals surface area contributed by atoms with Crippen LogP contribution in [0.25, 0.3) is 0 Å². The molecule has 2 fully saturated rings. The van der Waals surface area contributed by atoms with E-state index in [2.05, 4.69) is 27.9 Å². The first kappa shape index (κ1) is 15.1. The SMILES string of the molecule is O=C1CCC2CN(C(=O)c3cc(Cl)ccc3I)CCC2N1. The highest BCUT2D eigenvalue weighted by Crippen LogP contribution is 2.27. The molecule has 0 aromatic heterocycles. The summed E-state index contributed by atoms with van der Waals surface area (Å²) in [7, 11) is 0. The number of carbonyl (C=O) groups excluding carboxylic acids is 2. The molecule has 2 saturated heterocycles. The number of carbonyl (C=O) groups is 2. The van der Waals surface area contributed by atoms with Crippen LogP contribution in [-0.2, 0) is 4.79 Å². The molecule has 6 heteroatoms. The van der Waals surface area contributed by atoms with Crippen LogP contribution in [0, 0.1) is 9.49 Å². The molecule has 2 unspecified atom stereocenters. The summed E-state index contributed by atoms with van der Waals surface area (Å²) in [6, 6.07) is 5.63. The second kappa shape index (κ2) is 6.12. The van der Waals surface area contributed by atoms with Crippen LogP contribution >= 0.6 is 34.2 Å². The lowest BCUT2D eigenvalue weighted by molar-refractivity contribution is -0.125. The molecule has 2 aliphatic heterocycles. The van der Waals surface area contributed by atoms with Crippen molar-refractivity contribution in [2.24, 2.45) is 5.92 Å². The van der Waals surface area contributed by atoms with E-state index in [0.29, 0.717) is 36.0 Å². The van der Waals surface area contributed by atoms with E-state index >= 15 is 0 Å². The first-order chi connectivity index (χ1) is 10.0. The number of amides is 2. The zero-order chi connectivity index (χ0) is 15.0. The summed E-state index contributed by atoms with van der Waals surface area (Å²) >= 11 is 8.17. The van der Waals surface area contributed by atoms with Crippen molar-refractivity contribution in [1.29, 1.82) is 0 Å². The lowest BCUT2D eigenvalue weighted by Gasteiger charge is -2.41. The van der Waals surface area contributed by atoms with Crippen LogP contribution in [-0.4, -0.2) is 35.8 Å². The Balaban J connectivity index is 1.74. The minimum Gasteiger partial charge on any atom is -0.353 e. The third kappa shape index (κ3) is 3.18. The normalized spacial score (nSPS) is 25.2. The standard InChI is InChI=1S/C15H16ClIN2O2/c16-10-2-3-12(17)11(7-10)15(21)19-6-5-13-9(8-19)1-4-14(20)18-13/h2-3,7,9,13H,1,4-6,8H2,(H,18,20). The number of hydrogen-bond acceptors (Lipinski definition) is 2. The van der Waals surface area contributed by atoms with E-state index in [9.17, 15) is 9.59 Å². The van der Waals surface area contributed by atoms with Gasteiger partial charge in [0.2, 0.25) is 5.91 Å². The Morgan fingerprint density at radius 3 is 3.00 bits per heavy atom. The van der Waals surface area contributed by atoms with Gasteiger partial charge >= 0.3 is 0 Å². The zero-order valence-corrected chi connectivity index (χ0v) is 14.4. The third-order valence-corrected chi connectivity index (χ3v) is 5.44. The van der Waals surface area contributed by atoms with Crippen molar-refractivity contribution in [1.82, 2.24) is 10.2 Å². The lowest BCUT2D eigenvalue weighted by Crippen LogP contribution is -2.55. The molecule has 0 radical (unpaired) electrons. The van der Waals surface area contributed by atoms with Crippen molar-refractivity contribution in [3.05, 3.63) is 32.4 Å². The lowest BCUT2D eigenvalue weighted by atomic mass is 9.85. The maximum Gasteiger partial charge on any atom is 0.254 e. The number of halogens is 2. The van der Waals surface area contributed by atoms with Gasteiger partial charge in [-0.15, -0.1) is 0 Å². The highest BCUT2D eigenvalue weighted by atomic mass is 127. The molecule has 0 saturated carbocycles. The van der Waals surface area contributed by atoms with Crippen LogP contribution in [0.15, 0.2) is 18.2 Å². The van der Waals surface area contributed by atoms with Gasteiger partial charge in [-0.1, -0.05) is 11.6 Å². The highest BCUT2D eigenvalue weighted by molar-refractivity contribution is 14.1. The number of likely N-dealkylation sites (tertiary alicyclic amines) is 1. The van der Waals surface area contributed by atoms with E-state index in [4.69, 9.17) is 11.6 Å². The molecular weight excluding hydrogens is 403 g/mol. The van der Waals surface area contributed by atoms with Crippen LogP contribution in [0.2, 0.25) is 5.02 Å². The second-order valence-electron chi connectivity index (χ2n) is 5.64. The minimum atomic E-state index is 0.0391. The van der Waals surface area contributed by atoms with Crippen molar-refractivity contribution in [3.63, 3.8) is 0 Å². The Bertz CT molecular complexity index is 593. The number of nitrogens with one attached hydrogen (secondary N) is 1. The first-order valence-corrected chi connectivity index (χ1v) is 8.54. The molecule has 21 heavy (non-hydrogen) atoms. The van der Waals surface area contributed by atoms with Crippen molar-refractivity contribution in [3.8, 4) is 0 Å². The van der Waals surface area contributed by atoms with E-state index in [1.165, 1.54) is 0 Å². The minimum absolute atomic E-state index is 0.0391. The van der Waals surface area contributed by atoms with Gasteiger partial charge in [0.25, 0.3) is 5.91 Å². The summed E-state index contributed by atoms with van der Waals surface area (Å²) in [5.41, 5.74) is 0.668. The van der Waals surface area contributed by atoms with Gasteiger partial charge in [-0.3, -0.25) is 9.59 Å². The summed E-state index contributed by atoms with van der Waals surface area (Å²) in [5, 5.41) is 3.62. The molecule has 2 atom stereocenters. The van der Waals surface area contributed by atoms with Crippen LogP contribution in [0.3, 0.4) is 0 Å². The van der Waals surface area contributed by atoms with Crippen LogP contribution in [0.5, 0.6) is 0 Å². The van der Waals surface area contributed by atoms with Gasteiger partial charge in [0.05, 0.1) is 5.56 Å². The molecule has 4 nitrogen and oxygen atoms in total. The van der Waals surface area contributed by atoms with Gasteiger partial charge in [-0.25, -0.2) is 0 Å². The largest absolute Gasteiger partial charge is 0.353 e. The van der Waals surface area contributed by atoms with E-state index < -0.39 is 0 Å². The van der Waals surface area contributed by atoms with Crippen molar-refractivity contribution in [2.75, 3.05) is 13.1 Å². The monoisotopic (exact) mass is 418 g/mol. The number of hydrogen-bond donors (Lipinski definition) is 1. The number of piperidine rings is 2. The average Bonchev–Trinajstić information content (AvgIpc) is 2.48. The fourth-order valence-electron chi connectivity index (χ4n) is 3.13. The van der Waals surface area contributed by atoms with Gasteiger partial charge < -0.3 is 10.2 Å². The van der Waals surface area contributed by atoms with Gasteiger partial charge in [-0.05, 0) is 59.5 Å². The van der Waals surface area contributed by atoms with Crippen LogP contribution < -0.4 is 5.32 Å². The molecule has 0 aliphatic carbocycles. The molecule has 1 N–H and O–H groups in total. The summed E-state index contributed by atoms with van der Waals surface area (Å²) < 4.78 is 0.918. The Hall–Kier alpha value is -0.820. The molecule has 112 valence electrons. The topological polar surface area (TPSA) is 49.4 Å². The fourth-order valence-corrected chi connectivity index (χ4v) is 3.86. The quantitative estimate of drug-likeness (QED) is 0.713. The molecule has 1 aromatic rings. The third-order valence-electron chi connectivity index (χ3n) is 4.27. The molecule has 2 heterocycles. The predicted molar refractivity (Wildman–Crippen MR) is 89.3 cm³/mol. The van der Waals surface area contributed by atoms with E-state index in [0.717, 1.165) is 16.4 Å². The van der Waals surface area contributed by atoms with Crippen molar-refractivity contribution < 1.29 is 9.59 Å². The number of fused-ring (bicyclic) bond motifs is 1. The van der Waals surface area contributed by atoms with Crippen molar-refractivity contribution >= 4 is 46.0 Å². The molecular formula is C15H16ClIN2O2.